The first-order chi connectivity index (χ1) is 12.9. The average molecular weight is 382 g/mol. The van der Waals surface area contributed by atoms with E-state index >= 15 is 0 Å². The third-order valence-corrected chi connectivity index (χ3v) is 3.81. The van der Waals surface area contributed by atoms with Gasteiger partial charge in [-0.05, 0) is 31.0 Å². The molecule has 0 spiro atoms. The lowest BCUT2D eigenvalue weighted by molar-refractivity contribution is -0.127. The maximum atomic E-state index is 13.9. The second-order valence-corrected chi connectivity index (χ2v) is 6.23. The lowest BCUT2D eigenvalue weighted by atomic mass is 10.2. The second-order valence-electron chi connectivity index (χ2n) is 6.23. The molecule has 27 heavy (non-hydrogen) atoms. The lowest BCUT2D eigenvalue weighted by Gasteiger charge is -2.23. The van der Waals surface area contributed by atoms with Crippen LogP contribution < -0.4 is 10.1 Å². The van der Waals surface area contributed by atoms with Crippen molar-refractivity contribution in [2.75, 3.05) is 54.6 Å². The van der Waals surface area contributed by atoms with Gasteiger partial charge in [-0.1, -0.05) is 6.07 Å². The zero-order valence-corrected chi connectivity index (χ0v) is 16.9. The quantitative estimate of drug-likeness (QED) is 0.379. The Kier molecular flexibility index (Phi) is 10.2. The van der Waals surface area contributed by atoms with Crippen LogP contribution in [0.25, 0.3) is 0 Å². The van der Waals surface area contributed by atoms with E-state index in [1.165, 1.54) is 18.1 Å². The Bertz CT molecular complexity index is 623. The first kappa shape index (κ1) is 22.7. The molecular weight excluding hydrogens is 351 g/mol. The third kappa shape index (κ3) is 8.25. The number of methoxy groups -OCH3 is 1. The predicted molar refractivity (Wildman–Crippen MR) is 105 cm³/mol. The SMILES string of the molecule is CCOCCCNC(=NCC(=O)N(C)C)N(C)Cc1ccc(OC)c(F)c1. The van der Waals surface area contributed by atoms with Gasteiger partial charge in [-0.25, -0.2) is 9.38 Å². The van der Waals surface area contributed by atoms with Gasteiger partial charge in [-0.2, -0.15) is 0 Å². The maximum Gasteiger partial charge on any atom is 0.243 e. The molecule has 0 atom stereocenters. The number of carbonyl (C=O) groups excluding carboxylic acids is 1. The van der Waals surface area contributed by atoms with Gasteiger partial charge in [0.25, 0.3) is 0 Å². The van der Waals surface area contributed by atoms with Crippen molar-refractivity contribution < 1.29 is 18.7 Å². The van der Waals surface area contributed by atoms with Crippen LogP contribution in [0.2, 0.25) is 0 Å². The summed E-state index contributed by atoms with van der Waals surface area (Å²) in [6.45, 7) is 4.43. The van der Waals surface area contributed by atoms with E-state index in [1.807, 2.05) is 18.9 Å². The summed E-state index contributed by atoms with van der Waals surface area (Å²) in [7, 11) is 6.66. The highest BCUT2D eigenvalue weighted by Crippen LogP contribution is 2.18. The molecule has 7 nitrogen and oxygen atoms in total. The molecule has 0 aromatic heterocycles. The Hall–Kier alpha value is -2.35. The zero-order chi connectivity index (χ0) is 20.2. The van der Waals surface area contributed by atoms with Gasteiger partial charge in [0.2, 0.25) is 5.91 Å². The molecule has 0 fully saturated rings. The number of aliphatic imine (C=N–C) groups is 1. The third-order valence-electron chi connectivity index (χ3n) is 3.81. The Morgan fingerprint density at radius 3 is 2.63 bits per heavy atom. The summed E-state index contributed by atoms with van der Waals surface area (Å²) in [6, 6.07) is 4.84. The average Bonchev–Trinajstić information content (AvgIpc) is 2.63. The van der Waals surface area contributed by atoms with Crippen molar-refractivity contribution in [2.24, 2.45) is 4.99 Å². The van der Waals surface area contributed by atoms with Crippen molar-refractivity contribution in [3.05, 3.63) is 29.6 Å². The molecule has 1 aromatic rings. The molecule has 152 valence electrons. The zero-order valence-electron chi connectivity index (χ0n) is 16.9. The minimum Gasteiger partial charge on any atom is -0.494 e. The van der Waals surface area contributed by atoms with Gasteiger partial charge in [0.05, 0.1) is 7.11 Å². The molecular formula is C19H31FN4O3. The molecule has 0 unspecified atom stereocenters. The van der Waals surface area contributed by atoms with E-state index in [-0.39, 0.29) is 18.2 Å². The van der Waals surface area contributed by atoms with E-state index in [2.05, 4.69) is 10.3 Å². The second kappa shape index (κ2) is 12.1. The number of carbonyl (C=O) groups is 1. The monoisotopic (exact) mass is 382 g/mol. The van der Waals surface area contributed by atoms with Gasteiger partial charge in [-0.3, -0.25) is 4.79 Å². The highest BCUT2D eigenvalue weighted by atomic mass is 19.1. The van der Waals surface area contributed by atoms with Gasteiger partial charge in [0.15, 0.2) is 17.5 Å². The highest BCUT2D eigenvalue weighted by molar-refractivity contribution is 5.84. The normalized spacial score (nSPS) is 11.3. The van der Waals surface area contributed by atoms with E-state index < -0.39 is 5.82 Å². The molecule has 0 aliphatic rings. The van der Waals surface area contributed by atoms with Crippen molar-refractivity contribution >= 4 is 11.9 Å². The standard InChI is InChI=1S/C19H31FN4O3/c1-6-27-11-7-10-21-19(22-13-18(25)23(2)3)24(4)14-15-8-9-17(26-5)16(20)12-15/h8-9,12H,6-7,10-11,13-14H2,1-5H3,(H,21,22). The number of halogens is 1. The summed E-state index contributed by atoms with van der Waals surface area (Å²) in [4.78, 5) is 19.6. The number of likely N-dealkylation sites (N-methyl/N-ethyl adjacent to an activating group) is 1. The van der Waals surface area contributed by atoms with Gasteiger partial charge in [-0.15, -0.1) is 0 Å². The number of hydrogen-bond acceptors (Lipinski definition) is 4. The highest BCUT2D eigenvalue weighted by Gasteiger charge is 2.11. The van der Waals surface area contributed by atoms with Crippen LogP contribution in [-0.2, 0) is 16.1 Å². The summed E-state index contributed by atoms with van der Waals surface area (Å²) in [5.41, 5.74) is 0.776. The Morgan fingerprint density at radius 2 is 2.04 bits per heavy atom. The minimum atomic E-state index is -0.408. The van der Waals surface area contributed by atoms with Crippen LogP contribution in [0.3, 0.4) is 0 Å². The minimum absolute atomic E-state index is 0.0438. The number of hydrogen-bond donors (Lipinski definition) is 1. The van der Waals surface area contributed by atoms with Crippen LogP contribution in [0.4, 0.5) is 4.39 Å². The largest absolute Gasteiger partial charge is 0.494 e. The summed E-state index contributed by atoms with van der Waals surface area (Å²) < 4.78 is 24.2. The molecule has 0 aliphatic heterocycles. The van der Waals surface area contributed by atoms with Crippen LogP contribution in [-0.4, -0.2) is 76.2 Å². The molecule has 1 amide bonds. The van der Waals surface area contributed by atoms with Crippen LogP contribution in [0, 0.1) is 5.82 Å². The molecule has 0 saturated carbocycles. The molecule has 1 aromatic carbocycles. The number of amides is 1. The number of nitrogens with one attached hydrogen (secondary N) is 1. The number of ether oxygens (including phenoxy) is 2. The molecule has 0 heterocycles. The molecule has 1 rings (SSSR count). The fourth-order valence-electron chi connectivity index (χ4n) is 2.27. The fraction of sp³-hybridized carbons (Fsp3) is 0.579. The van der Waals surface area contributed by atoms with E-state index in [1.54, 1.807) is 26.2 Å². The van der Waals surface area contributed by atoms with Crippen molar-refractivity contribution in [1.82, 2.24) is 15.1 Å². The van der Waals surface area contributed by atoms with E-state index in [0.717, 1.165) is 12.0 Å². The smallest absolute Gasteiger partial charge is 0.243 e. The molecule has 1 N–H and O–H groups in total. The first-order valence-corrected chi connectivity index (χ1v) is 8.98. The van der Waals surface area contributed by atoms with Gasteiger partial charge in [0, 0.05) is 47.4 Å². The Balaban J connectivity index is 2.77. The number of guanidine groups is 1. The van der Waals surface area contributed by atoms with Crippen LogP contribution in [0.1, 0.15) is 18.9 Å². The van der Waals surface area contributed by atoms with Crippen LogP contribution in [0.5, 0.6) is 5.75 Å². The Labute approximate surface area is 161 Å². The number of rotatable bonds is 10. The van der Waals surface area contributed by atoms with Crippen LogP contribution >= 0.6 is 0 Å². The van der Waals surface area contributed by atoms with Crippen molar-refractivity contribution in [1.29, 1.82) is 0 Å². The summed E-state index contributed by atoms with van der Waals surface area (Å²) in [5, 5.41) is 3.24. The predicted octanol–water partition coefficient (Wildman–Crippen LogP) is 1.73. The van der Waals surface area contributed by atoms with Gasteiger partial charge in [0.1, 0.15) is 6.54 Å². The topological polar surface area (TPSA) is 66.4 Å². The van der Waals surface area contributed by atoms with Crippen molar-refractivity contribution in [2.45, 2.75) is 19.9 Å². The first-order valence-electron chi connectivity index (χ1n) is 8.98. The number of benzene rings is 1. The fourth-order valence-corrected chi connectivity index (χ4v) is 2.27. The van der Waals surface area contributed by atoms with Crippen molar-refractivity contribution in [3.63, 3.8) is 0 Å². The van der Waals surface area contributed by atoms with Crippen LogP contribution in [0.15, 0.2) is 23.2 Å². The van der Waals surface area contributed by atoms with Gasteiger partial charge < -0.3 is 24.6 Å². The Morgan fingerprint density at radius 1 is 1.30 bits per heavy atom. The summed E-state index contributed by atoms with van der Waals surface area (Å²) >= 11 is 0. The summed E-state index contributed by atoms with van der Waals surface area (Å²) in [6.07, 6.45) is 0.819. The van der Waals surface area contributed by atoms with Crippen molar-refractivity contribution in [3.8, 4) is 5.75 Å². The number of nitrogens with zero attached hydrogens (tertiary/aromatic N) is 3. The summed E-state index contributed by atoms with van der Waals surface area (Å²) in [5.74, 6) is 0.292. The molecule has 0 bridgehead atoms. The van der Waals surface area contributed by atoms with E-state index in [0.29, 0.717) is 32.3 Å². The maximum absolute atomic E-state index is 13.9. The molecule has 8 heteroatoms. The van der Waals surface area contributed by atoms with E-state index in [9.17, 15) is 9.18 Å². The molecule has 0 radical (unpaired) electrons. The van der Waals surface area contributed by atoms with E-state index in [4.69, 9.17) is 9.47 Å². The molecule has 0 saturated heterocycles. The van der Waals surface area contributed by atoms with Gasteiger partial charge >= 0.3 is 0 Å². The molecule has 0 aliphatic carbocycles. The lowest BCUT2D eigenvalue weighted by Crippen LogP contribution is -2.40.